The number of carbonyl (C=O) groups excluding carboxylic acids is 1. The number of rotatable bonds is 8. The van der Waals surface area contributed by atoms with Crippen LogP contribution in [-0.4, -0.2) is 69.8 Å². The van der Waals surface area contributed by atoms with Gasteiger partial charge in [-0.15, -0.1) is 0 Å². The smallest absolute Gasteiger partial charge is 0.238 e. The summed E-state index contributed by atoms with van der Waals surface area (Å²) in [5.41, 5.74) is 1.92. The molecule has 7 nitrogen and oxygen atoms in total. The lowest BCUT2D eigenvalue weighted by Gasteiger charge is -2.34. The maximum absolute atomic E-state index is 12.5. The number of benzene rings is 2. The largest absolute Gasteiger partial charge is 0.497 e. The molecular formula is C22H29N3O4. The Morgan fingerprint density at radius 3 is 2.10 bits per heavy atom. The molecule has 1 amide bonds. The maximum atomic E-state index is 12.5. The van der Waals surface area contributed by atoms with E-state index in [0.29, 0.717) is 23.7 Å². The lowest BCUT2D eigenvalue weighted by molar-refractivity contribution is -0.117. The summed E-state index contributed by atoms with van der Waals surface area (Å²) in [4.78, 5) is 17.1. The highest BCUT2D eigenvalue weighted by Gasteiger charge is 2.19. The number of piperazine rings is 1. The molecule has 2 aromatic rings. The number of nitrogens with one attached hydrogen (secondary N) is 1. The maximum Gasteiger partial charge on any atom is 0.238 e. The molecule has 0 bridgehead atoms. The third-order valence-corrected chi connectivity index (χ3v) is 5.08. The summed E-state index contributed by atoms with van der Waals surface area (Å²) in [7, 11) is 4.85. The molecule has 0 spiro atoms. The Bertz CT molecular complexity index is 802. The highest BCUT2D eigenvalue weighted by molar-refractivity contribution is 5.93. The van der Waals surface area contributed by atoms with Crippen LogP contribution in [0, 0.1) is 0 Å². The number of ether oxygens (including phenoxy) is 3. The van der Waals surface area contributed by atoms with Crippen LogP contribution in [0.5, 0.6) is 17.2 Å². The second kappa shape index (κ2) is 10.1. The van der Waals surface area contributed by atoms with E-state index < -0.39 is 0 Å². The van der Waals surface area contributed by atoms with Gasteiger partial charge in [-0.3, -0.25) is 14.6 Å². The Labute approximate surface area is 172 Å². The summed E-state index contributed by atoms with van der Waals surface area (Å²) >= 11 is 0. The van der Waals surface area contributed by atoms with Crippen molar-refractivity contribution in [3.8, 4) is 17.2 Å². The predicted octanol–water partition coefficient (Wildman–Crippen LogP) is 2.47. The molecule has 0 atom stereocenters. The molecule has 2 aromatic carbocycles. The Morgan fingerprint density at radius 2 is 1.48 bits per heavy atom. The second-order valence-electron chi connectivity index (χ2n) is 7.01. The average molecular weight is 399 g/mol. The number of methoxy groups -OCH3 is 3. The summed E-state index contributed by atoms with van der Waals surface area (Å²) < 4.78 is 15.7. The van der Waals surface area contributed by atoms with Crippen LogP contribution < -0.4 is 19.5 Å². The minimum absolute atomic E-state index is 0.0444. The van der Waals surface area contributed by atoms with Crippen molar-refractivity contribution < 1.29 is 19.0 Å². The van der Waals surface area contributed by atoms with E-state index in [1.807, 2.05) is 12.1 Å². The number of carbonyl (C=O) groups is 1. The number of hydrogen-bond donors (Lipinski definition) is 1. The summed E-state index contributed by atoms with van der Waals surface area (Å²) in [6.07, 6.45) is 0. The SMILES string of the molecule is COc1ccc(CN2CCN(CC(=O)Nc3ccc(OC)cc3OC)CC2)cc1. The first-order valence-corrected chi connectivity index (χ1v) is 9.71. The van der Waals surface area contributed by atoms with E-state index in [4.69, 9.17) is 14.2 Å². The molecule has 7 heteroatoms. The van der Waals surface area contributed by atoms with Crippen molar-refractivity contribution in [3.05, 3.63) is 48.0 Å². The van der Waals surface area contributed by atoms with Crippen LogP contribution in [0.1, 0.15) is 5.56 Å². The normalized spacial score (nSPS) is 15.0. The number of amides is 1. The van der Waals surface area contributed by atoms with E-state index >= 15 is 0 Å². The van der Waals surface area contributed by atoms with Gasteiger partial charge in [0.2, 0.25) is 5.91 Å². The van der Waals surface area contributed by atoms with Gasteiger partial charge in [-0.25, -0.2) is 0 Å². The summed E-state index contributed by atoms with van der Waals surface area (Å²) in [5.74, 6) is 2.10. The number of anilines is 1. The molecule has 1 heterocycles. The molecule has 1 aliphatic heterocycles. The predicted molar refractivity (Wildman–Crippen MR) is 113 cm³/mol. The summed E-state index contributed by atoms with van der Waals surface area (Å²) in [6, 6.07) is 13.5. The molecule has 1 N–H and O–H groups in total. The lowest BCUT2D eigenvalue weighted by Crippen LogP contribution is -2.48. The first-order chi connectivity index (χ1) is 14.1. The minimum atomic E-state index is -0.0444. The van der Waals surface area contributed by atoms with E-state index in [0.717, 1.165) is 38.5 Å². The summed E-state index contributed by atoms with van der Waals surface area (Å²) in [5, 5.41) is 2.94. The van der Waals surface area contributed by atoms with Crippen molar-refractivity contribution in [2.75, 3.05) is 59.4 Å². The van der Waals surface area contributed by atoms with Crippen molar-refractivity contribution in [2.45, 2.75) is 6.54 Å². The van der Waals surface area contributed by atoms with Gasteiger partial charge in [0.05, 0.1) is 33.6 Å². The molecule has 0 unspecified atom stereocenters. The van der Waals surface area contributed by atoms with Crippen molar-refractivity contribution in [1.29, 1.82) is 0 Å². The van der Waals surface area contributed by atoms with Gasteiger partial charge >= 0.3 is 0 Å². The van der Waals surface area contributed by atoms with Crippen molar-refractivity contribution >= 4 is 11.6 Å². The molecule has 0 aromatic heterocycles. The molecule has 0 saturated carbocycles. The fraction of sp³-hybridized carbons (Fsp3) is 0.409. The van der Waals surface area contributed by atoms with Crippen LogP contribution in [-0.2, 0) is 11.3 Å². The van der Waals surface area contributed by atoms with Gasteiger partial charge in [0.1, 0.15) is 17.2 Å². The standard InChI is InChI=1S/C22H29N3O4/c1-27-18-6-4-17(5-7-18)15-24-10-12-25(13-11-24)16-22(26)23-20-9-8-19(28-2)14-21(20)29-3/h4-9,14H,10-13,15-16H2,1-3H3,(H,23,26). The van der Waals surface area contributed by atoms with Crippen molar-refractivity contribution in [3.63, 3.8) is 0 Å². The van der Waals surface area contributed by atoms with Crippen LogP contribution in [0.3, 0.4) is 0 Å². The Hall–Kier alpha value is -2.77. The van der Waals surface area contributed by atoms with E-state index in [1.54, 1.807) is 39.5 Å². The Balaban J connectivity index is 1.46. The highest BCUT2D eigenvalue weighted by Crippen LogP contribution is 2.29. The average Bonchev–Trinajstić information content (AvgIpc) is 2.76. The molecular weight excluding hydrogens is 370 g/mol. The Kier molecular flexibility index (Phi) is 7.32. The highest BCUT2D eigenvalue weighted by atomic mass is 16.5. The van der Waals surface area contributed by atoms with Crippen molar-refractivity contribution in [1.82, 2.24) is 9.80 Å². The molecule has 0 aliphatic carbocycles. The summed E-state index contributed by atoms with van der Waals surface area (Å²) in [6.45, 7) is 4.88. The number of nitrogens with zero attached hydrogens (tertiary/aromatic N) is 2. The first kappa shape index (κ1) is 21.0. The van der Waals surface area contributed by atoms with E-state index in [-0.39, 0.29) is 5.91 Å². The third-order valence-electron chi connectivity index (χ3n) is 5.08. The zero-order chi connectivity index (χ0) is 20.6. The van der Waals surface area contributed by atoms with Crippen LogP contribution in [0.4, 0.5) is 5.69 Å². The number of hydrogen-bond acceptors (Lipinski definition) is 6. The second-order valence-corrected chi connectivity index (χ2v) is 7.01. The van der Waals surface area contributed by atoms with Gasteiger partial charge in [-0.1, -0.05) is 12.1 Å². The van der Waals surface area contributed by atoms with Gasteiger partial charge in [0, 0.05) is 38.8 Å². The van der Waals surface area contributed by atoms with Crippen LogP contribution >= 0.6 is 0 Å². The van der Waals surface area contributed by atoms with Gasteiger partial charge in [0.15, 0.2) is 0 Å². The lowest BCUT2D eigenvalue weighted by atomic mass is 10.2. The molecule has 1 aliphatic rings. The van der Waals surface area contributed by atoms with E-state index in [2.05, 4.69) is 27.2 Å². The third kappa shape index (κ3) is 5.85. The van der Waals surface area contributed by atoms with Gasteiger partial charge in [-0.05, 0) is 29.8 Å². The fourth-order valence-corrected chi connectivity index (χ4v) is 3.39. The van der Waals surface area contributed by atoms with Gasteiger partial charge in [0.25, 0.3) is 0 Å². The van der Waals surface area contributed by atoms with Gasteiger partial charge in [-0.2, -0.15) is 0 Å². The van der Waals surface area contributed by atoms with E-state index in [1.165, 1.54) is 5.56 Å². The van der Waals surface area contributed by atoms with Crippen LogP contribution in [0.15, 0.2) is 42.5 Å². The molecule has 1 saturated heterocycles. The Morgan fingerprint density at radius 1 is 0.862 bits per heavy atom. The zero-order valence-corrected chi connectivity index (χ0v) is 17.3. The molecule has 0 radical (unpaired) electrons. The van der Waals surface area contributed by atoms with E-state index in [9.17, 15) is 4.79 Å². The van der Waals surface area contributed by atoms with Gasteiger partial charge < -0.3 is 19.5 Å². The molecule has 156 valence electrons. The topological polar surface area (TPSA) is 63.3 Å². The molecule has 3 rings (SSSR count). The fourth-order valence-electron chi connectivity index (χ4n) is 3.39. The molecule has 1 fully saturated rings. The van der Waals surface area contributed by atoms with Crippen molar-refractivity contribution in [2.24, 2.45) is 0 Å². The minimum Gasteiger partial charge on any atom is -0.497 e. The zero-order valence-electron chi connectivity index (χ0n) is 17.3. The first-order valence-electron chi connectivity index (χ1n) is 9.71. The van der Waals surface area contributed by atoms with Crippen LogP contribution in [0.25, 0.3) is 0 Å². The van der Waals surface area contributed by atoms with Crippen LogP contribution in [0.2, 0.25) is 0 Å². The molecule has 29 heavy (non-hydrogen) atoms. The quantitative estimate of drug-likeness (QED) is 0.736. The monoisotopic (exact) mass is 399 g/mol.